The molecular weight excluding hydrogens is 488 g/mol. The molecule has 1 atom stereocenters. The van der Waals surface area contributed by atoms with Gasteiger partial charge in [0.25, 0.3) is 0 Å². The summed E-state index contributed by atoms with van der Waals surface area (Å²) in [4.78, 5) is 17.4. The van der Waals surface area contributed by atoms with Crippen LogP contribution in [0.2, 0.25) is 0 Å². The number of methoxy groups -OCH3 is 2. The first-order chi connectivity index (χ1) is 18.5. The van der Waals surface area contributed by atoms with E-state index in [2.05, 4.69) is 29.3 Å². The van der Waals surface area contributed by atoms with Gasteiger partial charge >= 0.3 is 0 Å². The van der Waals surface area contributed by atoms with Crippen LogP contribution in [-0.4, -0.2) is 68.0 Å². The highest BCUT2D eigenvalue weighted by atomic mass is 16.5. The topological polar surface area (TPSA) is 77.9 Å². The number of ether oxygens (including phenoxy) is 2. The number of likely N-dealkylation sites (tertiary alicyclic amines) is 1. The maximum absolute atomic E-state index is 13.1. The van der Waals surface area contributed by atoms with E-state index in [1.54, 1.807) is 14.2 Å². The molecule has 7 heteroatoms. The summed E-state index contributed by atoms with van der Waals surface area (Å²) in [5.74, 6) is 1.90. The minimum atomic E-state index is -0.436. The zero-order chi connectivity index (χ0) is 29.2. The third-order valence-corrected chi connectivity index (χ3v) is 7.28. The first-order valence-electron chi connectivity index (χ1n) is 14.1. The average molecular weight is 539 g/mol. The molecule has 0 radical (unpaired) electrons. The molecule has 1 amide bonds. The van der Waals surface area contributed by atoms with E-state index in [0.717, 1.165) is 31.4 Å². The standard InChI is InChI=1S/C30H44N4O3.C2H6/c1-29(2,3)32-28(35)30(4)17-20-34(21-18-30)25(23-14-11-15-24(36-6)26(23)37-7)27(31)33(5)19-16-22-12-9-8-10-13-22;1-2/h8-15,25,31H,16-21H2,1-7H3,(H,32,35);1-2H3. The number of amides is 1. The van der Waals surface area contributed by atoms with E-state index in [4.69, 9.17) is 9.47 Å². The molecule has 0 aliphatic carbocycles. The summed E-state index contributed by atoms with van der Waals surface area (Å²) in [7, 11) is 5.26. The van der Waals surface area contributed by atoms with Crippen LogP contribution in [0.1, 0.15) is 71.6 Å². The molecule has 0 aromatic heterocycles. The molecule has 1 saturated heterocycles. The quantitative estimate of drug-likeness (QED) is 0.305. The molecule has 0 bridgehead atoms. The Morgan fingerprint density at radius 3 is 2.21 bits per heavy atom. The first kappa shape index (κ1) is 32.2. The van der Waals surface area contributed by atoms with Crippen molar-refractivity contribution in [1.29, 1.82) is 5.41 Å². The maximum Gasteiger partial charge on any atom is 0.226 e. The van der Waals surface area contributed by atoms with Crippen molar-refractivity contribution in [2.24, 2.45) is 5.41 Å². The molecule has 1 unspecified atom stereocenters. The van der Waals surface area contributed by atoms with Crippen LogP contribution >= 0.6 is 0 Å². The zero-order valence-electron chi connectivity index (χ0n) is 25.6. The fourth-order valence-electron chi connectivity index (χ4n) is 4.91. The van der Waals surface area contributed by atoms with Crippen molar-refractivity contribution < 1.29 is 14.3 Å². The van der Waals surface area contributed by atoms with Crippen LogP contribution in [0.5, 0.6) is 11.5 Å². The van der Waals surface area contributed by atoms with Crippen LogP contribution in [-0.2, 0) is 11.2 Å². The molecular formula is C32H50N4O3. The van der Waals surface area contributed by atoms with Crippen LogP contribution in [0, 0.1) is 10.8 Å². The maximum atomic E-state index is 13.1. The van der Waals surface area contributed by atoms with Crippen LogP contribution in [0.15, 0.2) is 48.5 Å². The van der Waals surface area contributed by atoms with E-state index in [-0.39, 0.29) is 17.5 Å². The van der Waals surface area contributed by atoms with E-state index in [9.17, 15) is 10.2 Å². The first-order valence-corrected chi connectivity index (χ1v) is 14.1. The number of hydrogen-bond donors (Lipinski definition) is 2. The van der Waals surface area contributed by atoms with Gasteiger partial charge in [-0.25, -0.2) is 0 Å². The number of piperidine rings is 1. The van der Waals surface area contributed by atoms with Crippen molar-refractivity contribution in [3.63, 3.8) is 0 Å². The molecule has 0 saturated carbocycles. The fraction of sp³-hybridized carbons (Fsp3) is 0.562. The Labute approximate surface area is 236 Å². The van der Waals surface area contributed by atoms with E-state index in [1.165, 1.54) is 5.56 Å². The molecule has 7 nitrogen and oxygen atoms in total. The van der Waals surface area contributed by atoms with E-state index in [0.29, 0.717) is 30.4 Å². The van der Waals surface area contributed by atoms with Crippen LogP contribution < -0.4 is 14.8 Å². The Bertz CT molecular complexity index is 1060. The lowest BCUT2D eigenvalue weighted by atomic mass is 9.78. The highest BCUT2D eigenvalue weighted by Crippen LogP contribution is 2.41. The van der Waals surface area contributed by atoms with Gasteiger partial charge in [0.05, 0.1) is 20.3 Å². The second-order valence-corrected chi connectivity index (χ2v) is 11.3. The van der Waals surface area contributed by atoms with Gasteiger partial charge in [-0.2, -0.15) is 0 Å². The normalized spacial score (nSPS) is 15.8. The number of carbonyl (C=O) groups is 1. The van der Waals surface area contributed by atoms with Gasteiger partial charge in [0.15, 0.2) is 11.5 Å². The smallest absolute Gasteiger partial charge is 0.226 e. The Kier molecular flexibility index (Phi) is 11.8. The Morgan fingerprint density at radius 1 is 1.05 bits per heavy atom. The van der Waals surface area contributed by atoms with Gasteiger partial charge in [-0.1, -0.05) is 63.2 Å². The number of amidine groups is 1. The van der Waals surface area contributed by atoms with Crippen molar-refractivity contribution >= 4 is 11.7 Å². The predicted octanol–water partition coefficient (Wildman–Crippen LogP) is 5.94. The zero-order valence-corrected chi connectivity index (χ0v) is 25.6. The lowest BCUT2D eigenvalue weighted by Crippen LogP contribution is -2.53. The van der Waals surface area contributed by atoms with Gasteiger partial charge in [0.1, 0.15) is 5.84 Å². The largest absolute Gasteiger partial charge is 0.493 e. The predicted molar refractivity (Wildman–Crippen MR) is 161 cm³/mol. The Morgan fingerprint density at radius 2 is 1.67 bits per heavy atom. The molecule has 2 N–H and O–H groups in total. The highest BCUT2D eigenvalue weighted by Gasteiger charge is 2.41. The lowest BCUT2D eigenvalue weighted by Gasteiger charge is -2.44. The van der Waals surface area contributed by atoms with Gasteiger partial charge in [-0.05, 0) is 51.7 Å². The summed E-state index contributed by atoms with van der Waals surface area (Å²) in [5, 5.41) is 12.5. The number of likely N-dealkylation sites (N-methyl/N-ethyl adjacent to an activating group) is 1. The third kappa shape index (κ3) is 8.46. The number of nitrogens with one attached hydrogen (secondary N) is 2. The summed E-state index contributed by atoms with van der Waals surface area (Å²) in [6.07, 6.45) is 2.30. The molecule has 2 aromatic carbocycles. The van der Waals surface area contributed by atoms with Crippen LogP contribution in [0.25, 0.3) is 0 Å². The lowest BCUT2D eigenvalue weighted by molar-refractivity contribution is -0.134. The van der Waals surface area contributed by atoms with Gasteiger partial charge in [-0.15, -0.1) is 0 Å². The van der Waals surface area contributed by atoms with E-state index >= 15 is 0 Å². The molecule has 39 heavy (non-hydrogen) atoms. The third-order valence-electron chi connectivity index (χ3n) is 7.28. The SMILES string of the molecule is CC.COc1cccc(C(C(=N)N(C)CCc2ccccc2)N2CCC(C)(C(=O)NC(C)(C)C)CC2)c1OC. The molecule has 3 rings (SSSR count). The van der Waals surface area contributed by atoms with E-state index in [1.807, 2.05) is 83.0 Å². The second kappa shape index (κ2) is 14.4. The van der Waals surface area contributed by atoms with Gasteiger partial charge in [0, 0.05) is 43.2 Å². The molecule has 1 fully saturated rings. The number of para-hydroxylation sites is 1. The van der Waals surface area contributed by atoms with Crippen molar-refractivity contribution in [2.75, 3.05) is 40.9 Å². The number of hydrogen-bond acceptors (Lipinski definition) is 5. The number of rotatable bonds is 9. The second-order valence-electron chi connectivity index (χ2n) is 11.3. The van der Waals surface area contributed by atoms with Gasteiger partial charge in [-0.3, -0.25) is 15.1 Å². The van der Waals surface area contributed by atoms with Crippen LogP contribution in [0.3, 0.4) is 0 Å². The van der Waals surface area contributed by atoms with Crippen molar-refractivity contribution in [3.8, 4) is 11.5 Å². The fourth-order valence-corrected chi connectivity index (χ4v) is 4.91. The minimum absolute atomic E-state index is 0.102. The van der Waals surface area contributed by atoms with Crippen LogP contribution in [0.4, 0.5) is 0 Å². The van der Waals surface area contributed by atoms with Crippen molar-refractivity contribution in [3.05, 3.63) is 59.7 Å². The molecule has 0 spiro atoms. The van der Waals surface area contributed by atoms with E-state index < -0.39 is 5.41 Å². The van der Waals surface area contributed by atoms with Gasteiger partial charge in [0.2, 0.25) is 5.91 Å². The van der Waals surface area contributed by atoms with Crippen molar-refractivity contribution in [1.82, 2.24) is 15.1 Å². The summed E-state index contributed by atoms with van der Waals surface area (Å²) in [6.45, 7) is 14.2. The monoisotopic (exact) mass is 538 g/mol. The average Bonchev–Trinajstić information content (AvgIpc) is 2.93. The summed E-state index contributed by atoms with van der Waals surface area (Å²) < 4.78 is 11.4. The Balaban J connectivity index is 0.00000260. The molecule has 1 heterocycles. The van der Waals surface area contributed by atoms with Crippen molar-refractivity contribution in [2.45, 2.75) is 72.4 Å². The summed E-state index contributed by atoms with van der Waals surface area (Å²) in [6, 6.07) is 15.9. The highest BCUT2D eigenvalue weighted by molar-refractivity contribution is 5.87. The molecule has 1 aliphatic rings. The minimum Gasteiger partial charge on any atom is -0.493 e. The Hall–Kier alpha value is -3.06. The summed E-state index contributed by atoms with van der Waals surface area (Å²) in [5.41, 5.74) is 1.45. The molecule has 1 aliphatic heterocycles. The molecule has 216 valence electrons. The number of nitrogens with zero attached hydrogens (tertiary/aromatic N) is 2. The number of carbonyl (C=O) groups excluding carboxylic acids is 1. The summed E-state index contributed by atoms with van der Waals surface area (Å²) >= 11 is 0. The molecule has 2 aromatic rings. The van der Waals surface area contributed by atoms with Gasteiger partial charge < -0.3 is 19.7 Å². The number of benzene rings is 2.